The number of allylic oxidation sites excluding steroid dienone is 2. The molecular weight excluding hydrogens is 204 g/mol. The van der Waals surface area contributed by atoms with Crippen LogP contribution < -0.4 is 0 Å². The number of rotatable bonds is 2. The van der Waals surface area contributed by atoms with E-state index in [0.29, 0.717) is 0 Å². The predicted octanol–water partition coefficient (Wildman–Crippen LogP) is 0.846. The van der Waals surface area contributed by atoms with E-state index in [1.54, 1.807) is 0 Å². The lowest BCUT2D eigenvalue weighted by Crippen LogP contribution is -2.23. The third-order valence-electron chi connectivity index (χ3n) is 1.94. The predicted molar refractivity (Wildman–Crippen MR) is 52.7 cm³/mol. The molecule has 1 aliphatic rings. The second kappa shape index (κ2) is 3.88. The molecule has 1 aliphatic carbocycles. The summed E-state index contributed by atoms with van der Waals surface area (Å²) in [5.74, 6) is -0.945. The SMILES string of the molecule is COC1=C(OC)C(=O)C(S)=C(C)C1=O. The van der Waals surface area contributed by atoms with E-state index >= 15 is 0 Å². The quantitative estimate of drug-likeness (QED) is 0.547. The van der Waals surface area contributed by atoms with Gasteiger partial charge in [0, 0.05) is 5.57 Å². The van der Waals surface area contributed by atoms with Crippen molar-refractivity contribution < 1.29 is 19.1 Å². The summed E-state index contributed by atoms with van der Waals surface area (Å²) in [5.41, 5.74) is 0.274. The highest BCUT2D eigenvalue weighted by Crippen LogP contribution is 2.27. The van der Waals surface area contributed by atoms with Crippen LogP contribution in [0, 0.1) is 0 Å². The van der Waals surface area contributed by atoms with E-state index in [0.717, 1.165) is 0 Å². The maximum Gasteiger partial charge on any atom is 0.238 e. The summed E-state index contributed by atoms with van der Waals surface area (Å²) in [6, 6.07) is 0. The van der Waals surface area contributed by atoms with Crippen LogP contribution in [0.5, 0.6) is 0 Å². The summed E-state index contributed by atoms with van der Waals surface area (Å²) in [4.78, 5) is 23.2. The Hall–Kier alpha value is -1.23. The van der Waals surface area contributed by atoms with Gasteiger partial charge in [-0.05, 0) is 6.92 Å². The number of ketones is 2. The van der Waals surface area contributed by atoms with Crippen molar-refractivity contribution in [2.24, 2.45) is 0 Å². The minimum atomic E-state index is -0.426. The van der Waals surface area contributed by atoms with Crippen LogP contribution in [0.25, 0.3) is 0 Å². The number of methoxy groups -OCH3 is 2. The molecule has 0 radical (unpaired) electrons. The Morgan fingerprint density at radius 3 is 1.86 bits per heavy atom. The second-order valence-corrected chi connectivity index (χ2v) is 3.15. The lowest BCUT2D eigenvalue weighted by molar-refractivity contribution is -0.120. The summed E-state index contributed by atoms with van der Waals surface area (Å²) < 4.78 is 9.61. The van der Waals surface area contributed by atoms with Gasteiger partial charge in [-0.3, -0.25) is 9.59 Å². The van der Waals surface area contributed by atoms with Crippen LogP contribution in [0.15, 0.2) is 22.0 Å². The van der Waals surface area contributed by atoms with Gasteiger partial charge in [-0.2, -0.15) is 0 Å². The molecule has 14 heavy (non-hydrogen) atoms. The van der Waals surface area contributed by atoms with Crippen LogP contribution in [-0.4, -0.2) is 25.8 Å². The zero-order valence-corrected chi connectivity index (χ0v) is 8.97. The van der Waals surface area contributed by atoms with Crippen LogP contribution in [0.4, 0.5) is 0 Å². The largest absolute Gasteiger partial charge is 0.489 e. The molecular formula is C9H10O4S. The molecule has 0 atom stereocenters. The number of ether oxygens (including phenoxy) is 2. The van der Waals surface area contributed by atoms with Crippen LogP contribution in [0.1, 0.15) is 6.92 Å². The first kappa shape index (κ1) is 10.8. The van der Waals surface area contributed by atoms with E-state index in [1.165, 1.54) is 21.1 Å². The lowest BCUT2D eigenvalue weighted by atomic mass is 10.0. The molecule has 0 heterocycles. The molecule has 0 amide bonds. The van der Waals surface area contributed by atoms with E-state index in [2.05, 4.69) is 12.6 Å². The number of carbonyl (C=O) groups is 2. The highest BCUT2D eigenvalue weighted by molar-refractivity contribution is 7.85. The zero-order chi connectivity index (χ0) is 10.9. The number of Topliss-reactive ketones (excluding diaryl/α,β-unsaturated/α-hetero) is 2. The number of hydrogen-bond acceptors (Lipinski definition) is 5. The topological polar surface area (TPSA) is 52.6 Å². The summed E-state index contributed by atoms with van der Waals surface area (Å²) in [6.45, 7) is 1.52. The van der Waals surface area contributed by atoms with Crippen molar-refractivity contribution >= 4 is 24.2 Å². The molecule has 0 bridgehead atoms. The van der Waals surface area contributed by atoms with Crippen molar-refractivity contribution in [3.8, 4) is 0 Å². The Balaban J connectivity index is 3.31. The number of thiol groups is 1. The average molecular weight is 214 g/mol. The van der Waals surface area contributed by atoms with Gasteiger partial charge in [0.15, 0.2) is 0 Å². The molecule has 0 saturated heterocycles. The van der Waals surface area contributed by atoms with E-state index in [1.807, 2.05) is 0 Å². The summed E-state index contributed by atoms with van der Waals surface area (Å²) in [5, 5.41) is 0. The van der Waals surface area contributed by atoms with Gasteiger partial charge in [-0.15, -0.1) is 12.6 Å². The van der Waals surface area contributed by atoms with E-state index in [4.69, 9.17) is 9.47 Å². The fraction of sp³-hybridized carbons (Fsp3) is 0.333. The lowest BCUT2D eigenvalue weighted by Gasteiger charge is -2.17. The Labute approximate surface area is 87.0 Å². The van der Waals surface area contributed by atoms with Gasteiger partial charge in [0.05, 0.1) is 19.1 Å². The number of hydrogen-bond donors (Lipinski definition) is 1. The van der Waals surface area contributed by atoms with Crippen molar-refractivity contribution in [1.29, 1.82) is 0 Å². The maximum absolute atomic E-state index is 11.6. The smallest absolute Gasteiger partial charge is 0.238 e. The molecule has 5 heteroatoms. The normalized spacial score (nSPS) is 17.7. The van der Waals surface area contributed by atoms with Gasteiger partial charge < -0.3 is 9.47 Å². The fourth-order valence-corrected chi connectivity index (χ4v) is 1.34. The van der Waals surface area contributed by atoms with Crippen LogP contribution >= 0.6 is 12.6 Å². The second-order valence-electron chi connectivity index (χ2n) is 2.70. The molecule has 0 aliphatic heterocycles. The Kier molecular flexibility index (Phi) is 3.00. The average Bonchev–Trinajstić information content (AvgIpc) is 2.20. The Morgan fingerprint density at radius 2 is 1.43 bits per heavy atom. The molecule has 76 valence electrons. The number of carbonyl (C=O) groups excluding carboxylic acids is 2. The van der Waals surface area contributed by atoms with Gasteiger partial charge in [0.1, 0.15) is 0 Å². The Morgan fingerprint density at radius 1 is 1.00 bits per heavy atom. The van der Waals surface area contributed by atoms with Crippen molar-refractivity contribution in [1.82, 2.24) is 0 Å². The molecule has 0 aromatic rings. The van der Waals surface area contributed by atoms with Crippen LogP contribution in [0.3, 0.4) is 0 Å². The molecule has 0 unspecified atom stereocenters. The van der Waals surface area contributed by atoms with Crippen molar-refractivity contribution in [3.63, 3.8) is 0 Å². The molecule has 0 saturated carbocycles. The standard InChI is InChI=1S/C9H10O4S/c1-4-5(10)7(12-2)8(13-3)6(11)9(4)14/h14H,1-3H3. The molecule has 0 aromatic heterocycles. The first-order chi connectivity index (χ1) is 6.54. The molecule has 0 aromatic carbocycles. The van der Waals surface area contributed by atoms with Crippen LogP contribution in [-0.2, 0) is 19.1 Å². The van der Waals surface area contributed by atoms with Crippen LogP contribution in [0.2, 0.25) is 0 Å². The highest BCUT2D eigenvalue weighted by atomic mass is 32.1. The van der Waals surface area contributed by atoms with E-state index in [9.17, 15) is 9.59 Å². The molecule has 0 spiro atoms. The molecule has 1 rings (SSSR count). The van der Waals surface area contributed by atoms with Crippen molar-refractivity contribution in [2.75, 3.05) is 14.2 Å². The minimum absolute atomic E-state index is 0.0622. The first-order valence-corrected chi connectivity index (χ1v) is 4.30. The van der Waals surface area contributed by atoms with Crippen molar-refractivity contribution in [2.45, 2.75) is 6.92 Å². The zero-order valence-electron chi connectivity index (χ0n) is 8.08. The summed E-state index contributed by atoms with van der Waals surface area (Å²) in [7, 11) is 2.62. The minimum Gasteiger partial charge on any atom is -0.489 e. The van der Waals surface area contributed by atoms with Gasteiger partial charge in [0.2, 0.25) is 23.1 Å². The van der Waals surface area contributed by atoms with Gasteiger partial charge in [-0.1, -0.05) is 0 Å². The van der Waals surface area contributed by atoms with Crippen molar-refractivity contribution in [3.05, 3.63) is 22.0 Å². The maximum atomic E-state index is 11.6. The van der Waals surface area contributed by atoms with E-state index < -0.39 is 5.78 Å². The van der Waals surface area contributed by atoms with Gasteiger partial charge >= 0.3 is 0 Å². The Bertz CT molecular complexity index is 331. The molecule has 0 N–H and O–H groups in total. The van der Waals surface area contributed by atoms with Gasteiger partial charge in [-0.25, -0.2) is 0 Å². The monoisotopic (exact) mass is 214 g/mol. The fourth-order valence-electron chi connectivity index (χ4n) is 1.13. The molecule has 4 nitrogen and oxygen atoms in total. The molecule has 0 fully saturated rings. The first-order valence-electron chi connectivity index (χ1n) is 3.86. The third-order valence-corrected chi connectivity index (χ3v) is 2.48. The van der Waals surface area contributed by atoms with E-state index in [-0.39, 0.29) is 27.8 Å². The third kappa shape index (κ3) is 1.43. The summed E-state index contributed by atoms with van der Waals surface area (Å²) >= 11 is 3.94. The highest BCUT2D eigenvalue weighted by Gasteiger charge is 2.33. The van der Waals surface area contributed by atoms with Gasteiger partial charge in [0.25, 0.3) is 0 Å². The summed E-state index contributed by atoms with van der Waals surface area (Å²) in [6.07, 6.45) is 0.